The molecule has 2 rings (SSSR count). The molecule has 19 heavy (non-hydrogen) atoms. The maximum Gasteiger partial charge on any atom is 0.270 e. The van der Waals surface area contributed by atoms with E-state index in [0.29, 0.717) is 5.56 Å². The Bertz CT molecular complexity index is 503. The van der Waals surface area contributed by atoms with Crippen molar-refractivity contribution in [1.29, 1.82) is 0 Å². The molecule has 0 unspecified atom stereocenters. The van der Waals surface area contributed by atoms with Crippen LogP contribution in [0.25, 0.3) is 0 Å². The lowest BCUT2D eigenvalue weighted by molar-refractivity contribution is -0.384. The van der Waals surface area contributed by atoms with Gasteiger partial charge < -0.3 is 10.2 Å². The molecule has 1 aromatic rings. The molecule has 0 bridgehead atoms. The summed E-state index contributed by atoms with van der Waals surface area (Å²) in [4.78, 5) is 24.1. The Morgan fingerprint density at radius 1 is 1.47 bits per heavy atom. The summed E-state index contributed by atoms with van der Waals surface area (Å²) < 4.78 is 0. The molecule has 0 aliphatic carbocycles. The molecular formula is C12H16ClN3O3. The molecule has 0 spiro atoms. The number of nitrogens with zero attached hydrogens (tertiary/aromatic N) is 2. The predicted octanol–water partition coefficient (Wildman–Crippen LogP) is 1.37. The van der Waals surface area contributed by atoms with Gasteiger partial charge in [0.15, 0.2) is 0 Å². The van der Waals surface area contributed by atoms with Crippen molar-refractivity contribution in [2.75, 3.05) is 20.1 Å². The van der Waals surface area contributed by atoms with Gasteiger partial charge in [0.25, 0.3) is 11.6 Å². The average Bonchev–Trinajstić information content (AvgIpc) is 2.26. The minimum absolute atomic E-state index is 0. The van der Waals surface area contributed by atoms with Crippen molar-refractivity contribution >= 4 is 24.0 Å². The first kappa shape index (κ1) is 15.4. The van der Waals surface area contributed by atoms with E-state index in [4.69, 9.17) is 0 Å². The Morgan fingerprint density at radius 3 is 2.58 bits per heavy atom. The van der Waals surface area contributed by atoms with Crippen molar-refractivity contribution in [2.45, 2.75) is 13.0 Å². The van der Waals surface area contributed by atoms with Crippen molar-refractivity contribution < 1.29 is 9.72 Å². The van der Waals surface area contributed by atoms with Crippen LogP contribution in [0.3, 0.4) is 0 Å². The lowest BCUT2D eigenvalue weighted by Crippen LogP contribution is -2.57. The molecule has 1 saturated heterocycles. The number of hydrogen-bond donors (Lipinski definition) is 1. The zero-order valence-corrected chi connectivity index (χ0v) is 11.6. The molecular weight excluding hydrogens is 270 g/mol. The Kier molecular flexibility index (Phi) is 4.85. The predicted molar refractivity (Wildman–Crippen MR) is 73.8 cm³/mol. The molecule has 1 N–H and O–H groups in total. The van der Waals surface area contributed by atoms with Crippen LogP contribution in [0.15, 0.2) is 18.2 Å². The van der Waals surface area contributed by atoms with Gasteiger partial charge in [0.2, 0.25) is 0 Å². The number of nitrogens with one attached hydrogen (secondary N) is 1. The summed E-state index contributed by atoms with van der Waals surface area (Å²) in [5.74, 6) is -0.164. The second-order valence-electron chi connectivity index (χ2n) is 4.48. The van der Waals surface area contributed by atoms with Crippen LogP contribution in [0.4, 0.5) is 5.69 Å². The zero-order valence-electron chi connectivity index (χ0n) is 10.8. The number of non-ortho nitro benzene ring substituents is 1. The molecule has 1 amide bonds. The highest BCUT2D eigenvalue weighted by molar-refractivity contribution is 5.96. The van der Waals surface area contributed by atoms with Gasteiger partial charge in [0.1, 0.15) is 0 Å². The number of likely N-dealkylation sites (N-methyl/N-ethyl adjacent to an activating group) is 1. The summed E-state index contributed by atoms with van der Waals surface area (Å²) in [6.45, 7) is 3.33. The number of carbonyl (C=O) groups excluding carboxylic acids is 1. The Hall–Kier alpha value is -1.66. The Balaban J connectivity index is 0.00000180. The highest BCUT2D eigenvalue weighted by atomic mass is 35.5. The second kappa shape index (κ2) is 5.99. The molecule has 1 aliphatic rings. The van der Waals surface area contributed by atoms with Crippen LogP contribution in [0, 0.1) is 17.0 Å². The topological polar surface area (TPSA) is 75.5 Å². The fourth-order valence-electron chi connectivity index (χ4n) is 1.86. The molecule has 7 heteroatoms. The molecule has 1 heterocycles. The van der Waals surface area contributed by atoms with Gasteiger partial charge in [-0.1, -0.05) is 6.07 Å². The van der Waals surface area contributed by atoms with E-state index in [1.165, 1.54) is 12.1 Å². The van der Waals surface area contributed by atoms with Gasteiger partial charge in [-0.2, -0.15) is 0 Å². The number of hydrogen-bond acceptors (Lipinski definition) is 4. The van der Waals surface area contributed by atoms with E-state index in [1.807, 2.05) is 0 Å². The monoisotopic (exact) mass is 285 g/mol. The lowest BCUT2D eigenvalue weighted by Gasteiger charge is -2.35. The van der Waals surface area contributed by atoms with E-state index in [9.17, 15) is 14.9 Å². The van der Waals surface area contributed by atoms with Crippen LogP contribution in [0.1, 0.15) is 15.9 Å². The van der Waals surface area contributed by atoms with Crippen LogP contribution >= 0.6 is 12.4 Å². The fraction of sp³-hybridized carbons (Fsp3) is 0.417. The zero-order chi connectivity index (χ0) is 13.3. The molecule has 104 valence electrons. The number of rotatable bonds is 3. The lowest BCUT2D eigenvalue weighted by atomic mass is 10.0. The van der Waals surface area contributed by atoms with Crippen LogP contribution in [-0.4, -0.2) is 41.9 Å². The van der Waals surface area contributed by atoms with Crippen molar-refractivity contribution in [3.63, 3.8) is 0 Å². The smallest absolute Gasteiger partial charge is 0.270 e. The van der Waals surface area contributed by atoms with Crippen molar-refractivity contribution in [2.24, 2.45) is 0 Å². The maximum atomic E-state index is 12.3. The number of nitro groups is 1. The number of carbonyl (C=O) groups is 1. The molecule has 0 aromatic heterocycles. The summed E-state index contributed by atoms with van der Waals surface area (Å²) in [5, 5.41) is 13.8. The first-order valence-electron chi connectivity index (χ1n) is 5.73. The van der Waals surface area contributed by atoms with Gasteiger partial charge in [-0.15, -0.1) is 12.4 Å². The first-order valence-corrected chi connectivity index (χ1v) is 5.73. The molecule has 0 saturated carbocycles. The summed E-state index contributed by atoms with van der Waals surface area (Å²) in [5.41, 5.74) is 1.10. The van der Waals surface area contributed by atoms with Gasteiger partial charge in [-0.25, -0.2) is 0 Å². The standard InChI is InChI=1S/C12H15N3O3.ClH/c1-8-3-4-9(15(17)18)5-11(8)12(16)14(2)10-6-13-7-10;/h3-5,10,13H,6-7H2,1-2H3;1H. The first-order chi connectivity index (χ1) is 8.50. The molecule has 1 aliphatic heterocycles. The Labute approximate surface area is 117 Å². The second-order valence-corrected chi connectivity index (χ2v) is 4.48. The molecule has 1 aromatic carbocycles. The minimum atomic E-state index is -0.485. The number of amides is 1. The van der Waals surface area contributed by atoms with E-state index in [1.54, 1.807) is 24.9 Å². The van der Waals surface area contributed by atoms with Gasteiger partial charge >= 0.3 is 0 Å². The van der Waals surface area contributed by atoms with Crippen molar-refractivity contribution in [3.05, 3.63) is 39.4 Å². The van der Waals surface area contributed by atoms with Gasteiger partial charge in [-0.05, 0) is 12.5 Å². The maximum absolute atomic E-state index is 12.3. The van der Waals surface area contributed by atoms with Crippen molar-refractivity contribution in [1.82, 2.24) is 10.2 Å². The van der Waals surface area contributed by atoms with E-state index >= 15 is 0 Å². The van der Waals surface area contributed by atoms with Crippen LogP contribution < -0.4 is 5.32 Å². The Morgan fingerprint density at radius 2 is 2.11 bits per heavy atom. The molecule has 6 nitrogen and oxygen atoms in total. The largest absolute Gasteiger partial charge is 0.336 e. The van der Waals surface area contributed by atoms with E-state index < -0.39 is 4.92 Å². The molecule has 0 atom stereocenters. The fourth-order valence-corrected chi connectivity index (χ4v) is 1.86. The van der Waals surface area contributed by atoms with Gasteiger partial charge in [0, 0.05) is 37.8 Å². The summed E-state index contributed by atoms with van der Waals surface area (Å²) in [6.07, 6.45) is 0. The highest BCUT2D eigenvalue weighted by Crippen LogP contribution is 2.19. The number of benzene rings is 1. The summed E-state index contributed by atoms with van der Waals surface area (Å²) >= 11 is 0. The highest BCUT2D eigenvalue weighted by Gasteiger charge is 2.27. The summed E-state index contributed by atoms with van der Waals surface area (Å²) in [7, 11) is 1.73. The summed E-state index contributed by atoms with van der Waals surface area (Å²) in [6, 6.07) is 4.55. The SMILES string of the molecule is Cc1ccc([N+](=O)[O-])cc1C(=O)N(C)C1CNC1.Cl. The number of nitro benzene ring substituents is 1. The molecule has 0 radical (unpaired) electrons. The van der Waals surface area contributed by atoms with Crippen LogP contribution in [0.2, 0.25) is 0 Å². The van der Waals surface area contributed by atoms with E-state index in [-0.39, 0.29) is 30.0 Å². The minimum Gasteiger partial charge on any atom is -0.336 e. The quantitative estimate of drug-likeness (QED) is 0.672. The van der Waals surface area contributed by atoms with Crippen molar-refractivity contribution in [3.8, 4) is 0 Å². The molecule has 1 fully saturated rings. The van der Waals surface area contributed by atoms with Crippen LogP contribution in [0.5, 0.6) is 0 Å². The van der Waals surface area contributed by atoms with E-state index in [2.05, 4.69) is 5.32 Å². The third-order valence-corrected chi connectivity index (χ3v) is 3.29. The average molecular weight is 286 g/mol. The normalized spacial score (nSPS) is 14.2. The van der Waals surface area contributed by atoms with Crippen LogP contribution in [-0.2, 0) is 0 Å². The third-order valence-electron chi connectivity index (χ3n) is 3.29. The third kappa shape index (κ3) is 3.02. The number of aryl methyl sites for hydroxylation is 1. The van der Waals surface area contributed by atoms with Gasteiger partial charge in [0.05, 0.1) is 11.0 Å². The number of halogens is 1. The van der Waals surface area contributed by atoms with Gasteiger partial charge in [-0.3, -0.25) is 14.9 Å². The van der Waals surface area contributed by atoms with E-state index in [0.717, 1.165) is 18.7 Å².